The van der Waals surface area contributed by atoms with Crippen LogP contribution in [0.1, 0.15) is 60.2 Å². The third-order valence-corrected chi connectivity index (χ3v) is 8.49. The van der Waals surface area contributed by atoms with Crippen molar-refractivity contribution in [2.24, 2.45) is 0 Å². The van der Waals surface area contributed by atoms with Gasteiger partial charge in [0.2, 0.25) is 11.8 Å². The van der Waals surface area contributed by atoms with Crippen LogP contribution < -0.4 is 16.0 Å². The standard InChI is InChI=1S/C31H40N4O3S/c1-35(2)20-10-19-32-28(36)16-15-25(21-23-11-4-3-5-12-23)33-30(38)31(17-8-9-18-31)34-29(37)27-22-24-13-6-7-14-26(24)39-27/h3-7,11-14,22,25H,8-10,15-21H2,1-2H3,(H,32,36)(H,33,38)(H,34,37). The number of hydrogen-bond donors (Lipinski definition) is 3. The lowest BCUT2D eigenvalue weighted by Crippen LogP contribution is -2.59. The molecule has 1 atom stereocenters. The van der Waals surface area contributed by atoms with Gasteiger partial charge < -0.3 is 20.9 Å². The monoisotopic (exact) mass is 548 g/mol. The number of nitrogens with zero attached hydrogens (tertiary/aromatic N) is 1. The van der Waals surface area contributed by atoms with E-state index in [1.807, 2.05) is 74.8 Å². The predicted octanol–water partition coefficient (Wildman–Crippen LogP) is 4.52. The highest BCUT2D eigenvalue weighted by molar-refractivity contribution is 7.20. The van der Waals surface area contributed by atoms with Gasteiger partial charge in [0, 0.05) is 23.7 Å². The first-order chi connectivity index (χ1) is 18.8. The van der Waals surface area contributed by atoms with E-state index in [-0.39, 0.29) is 23.8 Å². The highest BCUT2D eigenvalue weighted by Gasteiger charge is 2.43. The second-order valence-electron chi connectivity index (χ2n) is 10.8. The Hall–Kier alpha value is -3.23. The molecule has 2 aromatic carbocycles. The minimum Gasteiger partial charge on any atom is -0.356 e. The summed E-state index contributed by atoms with van der Waals surface area (Å²) in [5, 5.41) is 10.4. The van der Waals surface area contributed by atoms with Crippen molar-refractivity contribution in [3.8, 4) is 0 Å². The Labute approximate surface area is 235 Å². The van der Waals surface area contributed by atoms with Gasteiger partial charge in [0.05, 0.1) is 4.88 Å². The number of amides is 3. The van der Waals surface area contributed by atoms with Crippen LogP contribution in [0.2, 0.25) is 0 Å². The summed E-state index contributed by atoms with van der Waals surface area (Å²) < 4.78 is 1.05. The van der Waals surface area contributed by atoms with Gasteiger partial charge in [-0.15, -0.1) is 11.3 Å². The Morgan fingerprint density at radius 3 is 2.44 bits per heavy atom. The number of carbonyl (C=O) groups excluding carboxylic acids is 3. The minimum absolute atomic E-state index is 0.00490. The second kappa shape index (κ2) is 13.7. The third kappa shape index (κ3) is 8.13. The maximum Gasteiger partial charge on any atom is 0.262 e. The van der Waals surface area contributed by atoms with Gasteiger partial charge in [-0.05, 0) is 75.8 Å². The lowest BCUT2D eigenvalue weighted by molar-refractivity contribution is -0.128. The Kier molecular flexibility index (Phi) is 10.1. The van der Waals surface area contributed by atoms with Crippen LogP contribution in [0.15, 0.2) is 60.7 Å². The molecule has 1 heterocycles. The summed E-state index contributed by atoms with van der Waals surface area (Å²) in [7, 11) is 4.03. The number of rotatable bonds is 13. The topological polar surface area (TPSA) is 90.5 Å². The van der Waals surface area contributed by atoms with Gasteiger partial charge in [-0.3, -0.25) is 14.4 Å². The molecule has 7 nitrogen and oxygen atoms in total. The molecule has 0 bridgehead atoms. The Bertz CT molecular complexity index is 1220. The van der Waals surface area contributed by atoms with Crippen molar-refractivity contribution in [1.82, 2.24) is 20.9 Å². The van der Waals surface area contributed by atoms with E-state index in [9.17, 15) is 14.4 Å². The number of thiophene rings is 1. The number of fused-ring (bicyclic) bond motifs is 1. The SMILES string of the molecule is CN(C)CCCNC(=O)CCC(Cc1ccccc1)NC(=O)C1(NC(=O)c2cc3ccccc3s2)CCCC1. The zero-order valence-electron chi connectivity index (χ0n) is 23.0. The van der Waals surface area contributed by atoms with Gasteiger partial charge in [0.15, 0.2) is 0 Å². The zero-order valence-corrected chi connectivity index (χ0v) is 23.8. The molecule has 1 aromatic heterocycles. The molecule has 0 radical (unpaired) electrons. The van der Waals surface area contributed by atoms with Crippen molar-refractivity contribution in [2.75, 3.05) is 27.2 Å². The highest BCUT2D eigenvalue weighted by Crippen LogP contribution is 2.32. The van der Waals surface area contributed by atoms with Crippen molar-refractivity contribution in [1.29, 1.82) is 0 Å². The van der Waals surface area contributed by atoms with Crippen molar-refractivity contribution in [3.05, 3.63) is 71.1 Å². The predicted molar refractivity (Wildman–Crippen MR) is 158 cm³/mol. The van der Waals surface area contributed by atoms with Crippen LogP contribution in [0.5, 0.6) is 0 Å². The van der Waals surface area contributed by atoms with Crippen LogP contribution in [0.3, 0.4) is 0 Å². The molecule has 1 unspecified atom stereocenters. The quantitative estimate of drug-likeness (QED) is 0.274. The number of carbonyl (C=O) groups is 3. The summed E-state index contributed by atoms with van der Waals surface area (Å²) in [5.41, 5.74) is 0.167. The van der Waals surface area contributed by atoms with E-state index < -0.39 is 5.54 Å². The number of benzene rings is 2. The molecular formula is C31H40N4O3S. The molecule has 208 valence electrons. The lowest BCUT2D eigenvalue weighted by atomic mass is 9.94. The maximum atomic E-state index is 13.8. The minimum atomic E-state index is -0.934. The average molecular weight is 549 g/mol. The summed E-state index contributed by atoms with van der Waals surface area (Å²) in [6.45, 7) is 1.56. The average Bonchev–Trinajstić information content (AvgIpc) is 3.58. The van der Waals surface area contributed by atoms with Gasteiger partial charge in [-0.25, -0.2) is 0 Å². The Balaban J connectivity index is 1.42. The van der Waals surface area contributed by atoms with Gasteiger partial charge in [-0.1, -0.05) is 61.4 Å². The fourth-order valence-electron chi connectivity index (χ4n) is 5.22. The van der Waals surface area contributed by atoms with Crippen LogP contribution in [-0.2, 0) is 16.0 Å². The van der Waals surface area contributed by atoms with Gasteiger partial charge >= 0.3 is 0 Å². The van der Waals surface area contributed by atoms with Crippen LogP contribution in [-0.4, -0.2) is 61.4 Å². The van der Waals surface area contributed by atoms with Crippen LogP contribution >= 0.6 is 11.3 Å². The van der Waals surface area contributed by atoms with E-state index in [1.54, 1.807) is 0 Å². The molecule has 0 aliphatic heterocycles. The molecule has 1 fully saturated rings. The molecule has 3 N–H and O–H groups in total. The fourth-order valence-corrected chi connectivity index (χ4v) is 6.18. The zero-order chi connectivity index (χ0) is 27.7. The van der Waals surface area contributed by atoms with Crippen LogP contribution in [0.4, 0.5) is 0 Å². The van der Waals surface area contributed by atoms with Crippen LogP contribution in [0, 0.1) is 0 Å². The van der Waals surface area contributed by atoms with E-state index in [0.717, 1.165) is 41.5 Å². The summed E-state index contributed by atoms with van der Waals surface area (Å²) >= 11 is 1.44. The van der Waals surface area contributed by atoms with E-state index in [0.29, 0.717) is 43.5 Å². The molecule has 1 saturated carbocycles. The molecule has 4 rings (SSSR count). The van der Waals surface area contributed by atoms with Crippen molar-refractivity contribution in [3.63, 3.8) is 0 Å². The molecule has 8 heteroatoms. The molecule has 0 spiro atoms. The highest BCUT2D eigenvalue weighted by atomic mass is 32.1. The largest absolute Gasteiger partial charge is 0.356 e. The van der Waals surface area contributed by atoms with Gasteiger partial charge in [0.1, 0.15) is 5.54 Å². The van der Waals surface area contributed by atoms with Crippen molar-refractivity contribution >= 4 is 39.1 Å². The van der Waals surface area contributed by atoms with Gasteiger partial charge in [0.25, 0.3) is 5.91 Å². The summed E-state index contributed by atoms with van der Waals surface area (Å²) in [6, 6.07) is 19.6. The lowest BCUT2D eigenvalue weighted by Gasteiger charge is -2.31. The number of nitrogens with one attached hydrogen (secondary N) is 3. The Morgan fingerprint density at radius 2 is 1.72 bits per heavy atom. The summed E-state index contributed by atoms with van der Waals surface area (Å²) in [6.07, 6.45) is 5.38. The first-order valence-corrected chi connectivity index (χ1v) is 14.7. The molecule has 1 aliphatic carbocycles. The van der Waals surface area contributed by atoms with Crippen molar-refractivity contribution < 1.29 is 14.4 Å². The molecule has 39 heavy (non-hydrogen) atoms. The van der Waals surface area contributed by atoms with Crippen LogP contribution in [0.25, 0.3) is 10.1 Å². The molecule has 1 aliphatic rings. The summed E-state index contributed by atoms with van der Waals surface area (Å²) in [5.74, 6) is -0.360. The fraction of sp³-hybridized carbons (Fsp3) is 0.452. The molecule has 0 saturated heterocycles. The van der Waals surface area contributed by atoms with Crippen molar-refractivity contribution in [2.45, 2.75) is 62.9 Å². The number of hydrogen-bond acceptors (Lipinski definition) is 5. The van der Waals surface area contributed by atoms with Gasteiger partial charge in [-0.2, -0.15) is 0 Å². The first-order valence-electron chi connectivity index (χ1n) is 13.9. The molecule has 3 aromatic rings. The molecular weight excluding hydrogens is 508 g/mol. The first kappa shape index (κ1) is 28.8. The Morgan fingerprint density at radius 1 is 1.00 bits per heavy atom. The third-order valence-electron chi connectivity index (χ3n) is 7.38. The van der Waals surface area contributed by atoms with E-state index in [4.69, 9.17) is 0 Å². The second-order valence-corrected chi connectivity index (χ2v) is 11.9. The van der Waals surface area contributed by atoms with E-state index >= 15 is 0 Å². The molecule has 3 amide bonds. The normalized spacial score (nSPS) is 15.3. The summed E-state index contributed by atoms with van der Waals surface area (Å²) in [4.78, 5) is 42.3. The maximum absolute atomic E-state index is 13.8. The smallest absolute Gasteiger partial charge is 0.262 e. The van der Waals surface area contributed by atoms with E-state index in [2.05, 4.69) is 20.9 Å². The van der Waals surface area contributed by atoms with E-state index in [1.165, 1.54) is 11.3 Å².